The van der Waals surface area contributed by atoms with Crippen molar-refractivity contribution in [3.05, 3.63) is 18.3 Å². The molecular weight excluding hydrogens is 291 g/mol. The van der Waals surface area contributed by atoms with Crippen LogP contribution in [0, 0.1) is 14.2 Å². The normalized spacial score (nSPS) is 9.09. The van der Waals surface area contributed by atoms with Gasteiger partial charge in [-0.25, -0.2) is 0 Å². The molecule has 0 bridgehead atoms. The third-order valence-electron chi connectivity index (χ3n) is 1.13. The number of halogens is 2. The first-order valence-electron chi connectivity index (χ1n) is 2.71. The second-order valence-corrected chi connectivity index (χ2v) is 4.99. The van der Waals surface area contributed by atoms with Gasteiger partial charge in [-0.2, -0.15) is 0 Å². The number of hydrogen-bond donors (Lipinski definition) is 0. The average Bonchev–Trinajstić information content (AvgIpc) is 2.26. The minimum atomic E-state index is 0.525. The summed E-state index contributed by atoms with van der Waals surface area (Å²) in [7, 11) is 3.59. The van der Waals surface area contributed by atoms with Gasteiger partial charge in [0.1, 0.15) is 0 Å². The van der Waals surface area contributed by atoms with Crippen LogP contribution in [0.3, 0.4) is 0 Å². The molecule has 0 aromatic carbocycles. The van der Waals surface area contributed by atoms with Gasteiger partial charge >= 0.3 is 88.7 Å². The second-order valence-electron chi connectivity index (χ2n) is 1.74. The Balaban J connectivity index is 3.39. The van der Waals surface area contributed by atoms with Crippen molar-refractivity contribution in [3.63, 3.8) is 0 Å². The molecule has 0 aliphatic heterocycles. The molecule has 0 N–H and O–H groups in total. The summed E-state index contributed by atoms with van der Waals surface area (Å²) in [6, 6.07) is 2.04. The zero-order valence-corrected chi connectivity index (χ0v) is 9.13. The van der Waals surface area contributed by atoms with Crippen LogP contribution in [0.15, 0.2) is 0 Å². The molecule has 0 radical (unpaired) electrons. The van der Waals surface area contributed by atoms with Crippen LogP contribution < -0.4 is 0 Å². The number of thiophene rings is 1. The van der Waals surface area contributed by atoms with E-state index in [9.17, 15) is 0 Å². The quantitative estimate of drug-likeness (QED) is 0.573. The molecule has 11 heavy (non-hydrogen) atoms. The van der Waals surface area contributed by atoms with E-state index < -0.39 is 0 Å². The Kier molecular flexibility index (Phi) is 3.11. The molecule has 5 heteroatoms. The van der Waals surface area contributed by atoms with Crippen LogP contribution in [0.2, 0.25) is 5.02 Å². The molecule has 54 valence electrons. The second kappa shape index (κ2) is 3.70. The molecule has 0 amide bonds. The summed E-state index contributed by atoms with van der Waals surface area (Å²) in [6.45, 7) is 0. The summed E-state index contributed by atoms with van der Waals surface area (Å²) < 4.78 is 0.921. The third kappa shape index (κ3) is 1.66. The molecule has 0 atom stereocenters. The van der Waals surface area contributed by atoms with Gasteiger partial charge in [0, 0.05) is 0 Å². The van der Waals surface area contributed by atoms with E-state index in [4.69, 9.17) is 16.9 Å². The molecular formula is C6H2BClINS. The summed E-state index contributed by atoms with van der Waals surface area (Å²) in [5.41, 5.74) is 0.562. The average molecular weight is 293 g/mol. The Hall–Kier alpha value is 0.145. The first-order valence-corrected chi connectivity index (χ1v) is 4.98. The Morgan fingerprint density at radius 1 is 1.73 bits per heavy atom. The van der Waals surface area contributed by atoms with Crippen LogP contribution in [0.1, 0.15) is 10.4 Å². The summed E-state index contributed by atoms with van der Waals surface area (Å²) in [4.78, 5) is 0.868. The Morgan fingerprint density at radius 3 is 2.64 bits per heavy atom. The maximum absolute atomic E-state index is 8.64. The Bertz CT molecular complexity index is 341. The number of rotatable bonds is 1. The van der Waals surface area contributed by atoms with E-state index in [0.29, 0.717) is 10.6 Å². The van der Waals surface area contributed by atoms with Crippen molar-refractivity contribution >= 4 is 59.0 Å². The fourth-order valence-electron chi connectivity index (χ4n) is 0.626. The van der Waals surface area contributed by atoms with E-state index in [-0.39, 0.29) is 0 Å². The van der Waals surface area contributed by atoms with E-state index in [0.717, 1.165) is 7.76 Å². The van der Waals surface area contributed by atoms with Gasteiger partial charge < -0.3 is 0 Å². The van der Waals surface area contributed by atoms with Crippen molar-refractivity contribution in [3.8, 4) is 6.07 Å². The summed E-state index contributed by atoms with van der Waals surface area (Å²) in [5.74, 6) is 1.66. The molecule has 0 aliphatic carbocycles. The Morgan fingerprint density at radius 2 is 2.36 bits per heavy atom. The molecule has 1 rings (SSSR count). The summed E-state index contributed by atoms with van der Waals surface area (Å²) >= 11 is 9.42. The van der Waals surface area contributed by atoms with E-state index in [1.54, 1.807) is 5.97 Å². The molecule has 0 saturated carbocycles. The van der Waals surface area contributed by atoms with Gasteiger partial charge in [0.25, 0.3) is 0 Å². The van der Waals surface area contributed by atoms with Crippen LogP contribution >= 0.6 is 45.5 Å². The molecule has 0 unspecified atom stereocenters. The molecule has 1 heterocycles. The van der Waals surface area contributed by atoms with E-state index >= 15 is 0 Å². The number of nitriles is 1. The molecule has 0 saturated heterocycles. The molecule has 1 aromatic heterocycles. The summed E-state index contributed by atoms with van der Waals surface area (Å²) in [6.07, 6.45) is 0. The molecule has 1 nitrogen and oxygen atoms in total. The van der Waals surface area contributed by atoms with Crippen molar-refractivity contribution in [2.24, 2.45) is 0 Å². The van der Waals surface area contributed by atoms with Crippen molar-refractivity contribution in [2.45, 2.75) is 0 Å². The van der Waals surface area contributed by atoms with E-state index in [1.165, 1.54) is 11.3 Å². The van der Waals surface area contributed by atoms with Gasteiger partial charge in [-0.3, -0.25) is 0 Å². The predicted molar refractivity (Wildman–Crippen MR) is 59.1 cm³/mol. The van der Waals surface area contributed by atoms with Crippen molar-refractivity contribution in [2.75, 3.05) is 0 Å². The van der Waals surface area contributed by atoms with Crippen LogP contribution in [0.25, 0.3) is 0 Å². The minimum absolute atomic E-state index is 0.525. The van der Waals surface area contributed by atoms with Gasteiger partial charge in [-0.15, -0.1) is 0 Å². The monoisotopic (exact) mass is 293 g/mol. The number of hydrogen-bond acceptors (Lipinski definition) is 2. The van der Waals surface area contributed by atoms with Crippen LogP contribution in [-0.2, 0) is 0 Å². The van der Waals surface area contributed by atoms with Crippen molar-refractivity contribution in [1.29, 1.82) is 5.26 Å². The summed E-state index contributed by atoms with van der Waals surface area (Å²) in [5, 5.41) is 9.17. The fraction of sp³-hybridized carbons (Fsp3) is 0. The topological polar surface area (TPSA) is 23.8 Å². The van der Waals surface area contributed by atoms with E-state index in [1.807, 2.05) is 6.07 Å². The standard InChI is InChI=1S/C6H2BClINS/c7-1-4-5(8)3(2-10)6(9)11-4/h1,7H. The first-order chi connectivity index (χ1) is 5.20. The first kappa shape index (κ1) is 9.23. The molecule has 1 aromatic rings. The van der Waals surface area contributed by atoms with Gasteiger partial charge in [0.2, 0.25) is 0 Å². The number of nitrogens with zero attached hydrogens (tertiary/aromatic N) is 1. The zero-order chi connectivity index (χ0) is 8.43. The fourth-order valence-corrected chi connectivity index (χ4v) is 2.99. The van der Waals surface area contributed by atoms with Crippen molar-refractivity contribution < 1.29 is 0 Å². The predicted octanol–water partition coefficient (Wildman–Crippen LogP) is 1.93. The molecule has 0 spiro atoms. The van der Waals surface area contributed by atoms with E-state index in [2.05, 4.69) is 30.1 Å². The molecule has 0 fully saturated rings. The van der Waals surface area contributed by atoms with Gasteiger partial charge in [-0.05, 0) is 0 Å². The maximum atomic E-state index is 8.64. The SMILES string of the molecule is B=Cc1sc(I)c(C#N)c1Cl. The Labute approximate surface area is 88.2 Å². The van der Waals surface area contributed by atoms with Crippen LogP contribution in [0.5, 0.6) is 0 Å². The third-order valence-corrected chi connectivity index (χ3v) is 3.81. The van der Waals surface area contributed by atoms with Gasteiger partial charge in [-0.1, -0.05) is 0 Å². The van der Waals surface area contributed by atoms with Crippen LogP contribution in [0.4, 0.5) is 0 Å². The molecule has 0 aliphatic rings. The van der Waals surface area contributed by atoms with Gasteiger partial charge in [0.05, 0.1) is 0 Å². The van der Waals surface area contributed by atoms with Crippen LogP contribution in [-0.4, -0.2) is 13.5 Å². The van der Waals surface area contributed by atoms with Gasteiger partial charge in [0.15, 0.2) is 0 Å². The zero-order valence-electron chi connectivity index (χ0n) is 5.40. The van der Waals surface area contributed by atoms with Crippen molar-refractivity contribution in [1.82, 2.24) is 0 Å².